The third-order valence-corrected chi connectivity index (χ3v) is 7.61. The van der Waals surface area contributed by atoms with Gasteiger partial charge in [0.2, 0.25) is 15.9 Å². The SMILES string of the molecule is CC(C)c1ccc(C(C)NC(=O)C2CCN(S(=O)(=O)c3ccn(C)c3)CC2)cc1. The second-order valence-electron chi connectivity index (χ2n) is 8.24. The van der Waals surface area contributed by atoms with Gasteiger partial charge in [-0.15, -0.1) is 0 Å². The summed E-state index contributed by atoms with van der Waals surface area (Å²) in [5, 5.41) is 3.09. The number of rotatable bonds is 6. The quantitative estimate of drug-likeness (QED) is 0.783. The molecule has 0 spiro atoms. The van der Waals surface area contributed by atoms with Crippen LogP contribution in [0.25, 0.3) is 0 Å². The molecule has 1 fully saturated rings. The highest BCUT2D eigenvalue weighted by molar-refractivity contribution is 7.89. The number of piperidine rings is 1. The summed E-state index contributed by atoms with van der Waals surface area (Å²) >= 11 is 0. The van der Waals surface area contributed by atoms with E-state index in [9.17, 15) is 13.2 Å². The van der Waals surface area contributed by atoms with Crippen molar-refractivity contribution in [1.29, 1.82) is 0 Å². The summed E-state index contributed by atoms with van der Waals surface area (Å²) in [6.07, 6.45) is 4.41. The van der Waals surface area contributed by atoms with E-state index in [2.05, 4.69) is 43.4 Å². The molecule has 0 saturated carbocycles. The summed E-state index contributed by atoms with van der Waals surface area (Å²) < 4.78 is 28.7. The number of aromatic nitrogens is 1. The van der Waals surface area contributed by atoms with Crippen molar-refractivity contribution >= 4 is 15.9 Å². The largest absolute Gasteiger partial charge is 0.356 e. The number of nitrogens with zero attached hydrogens (tertiary/aromatic N) is 2. The Bertz CT molecular complexity index is 940. The van der Waals surface area contributed by atoms with E-state index in [1.165, 1.54) is 9.87 Å². The molecule has 1 N–H and O–H groups in total. The van der Waals surface area contributed by atoms with Crippen LogP contribution in [-0.4, -0.2) is 36.3 Å². The van der Waals surface area contributed by atoms with E-state index in [1.807, 2.05) is 6.92 Å². The zero-order valence-corrected chi connectivity index (χ0v) is 18.4. The Labute approximate surface area is 174 Å². The molecule has 29 heavy (non-hydrogen) atoms. The molecule has 1 unspecified atom stereocenters. The second-order valence-corrected chi connectivity index (χ2v) is 10.2. The van der Waals surface area contributed by atoms with Crippen LogP contribution in [-0.2, 0) is 21.9 Å². The van der Waals surface area contributed by atoms with Crippen LogP contribution < -0.4 is 5.32 Å². The van der Waals surface area contributed by atoms with E-state index >= 15 is 0 Å². The van der Waals surface area contributed by atoms with Crippen LogP contribution in [0.3, 0.4) is 0 Å². The molecule has 0 radical (unpaired) electrons. The molecule has 0 bridgehead atoms. The van der Waals surface area contributed by atoms with E-state index in [0.717, 1.165) is 5.56 Å². The van der Waals surface area contributed by atoms with Gasteiger partial charge in [0.25, 0.3) is 0 Å². The average molecular weight is 418 g/mol. The zero-order valence-electron chi connectivity index (χ0n) is 17.6. The Balaban J connectivity index is 1.56. The number of carbonyl (C=O) groups excluding carboxylic acids is 1. The summed E-state index contributed by atoms with van der Waals surface area (Å²) in [6, 6.07) is 9.88. The van der Waals surface area contributed by atoms with Gasteiger partial charge in [0.05, 0.1) is 10.9 Å². The molecule has 1 aromatic carbocycles. The van der Waals surface area contributed by atoms with Crippen LogP contribution in [0, 0.1) is 5.92 Å². The Morgan fingerprint density at radius 2 is 1.62 bits per heavy atom. The monoisotopic (exact) mass is 417 g/mol. The van der Waals surface area contributed by atoms with Crippen molar-refractivity contribution < 1.29 is 13.2 Å². The molecule has 0 aliphatic carbocycles. The number of hydrogen-bond donors (Lipinski definition) is 1. The first-order valence-electron chi connectivity index (χ1n) is 10.2. The maximum absolute atomic E-state index is 12.7. The highest BCUT2D eigenvalue weighted by atomic mass is 32.2. The number of carbonyl (C=O) groups is 1. The number of benzene rings is 1. The fourth-order valence-electron chi connectivity index (χ4n) is 3.72. The molecule has 2 aromatic rings. The lowest BCUT2D eigenvalue weighted by Crippen LogP contribution is -2.43. The highest BCUT2D eigenvalue weighted by Crippen LogP contribution is 2.25. The molecule has 3 rings (SSSR count). The Kier molecular flexibility index (Phi) is 6.49. The van der Waals surface area contributed by atoms with E-state index in [1.54, 1.807) is 30.1 Å². The van der Waals surface area contributed by atoms with Crippen molar-refractivity contribution in [3.63, 3.8) is 0 Å². The lowest BCUT2D eigenvalue weighted by atomic mass is 9.96. The van der Waals surface area contributed by atoms with E-state index in [0.29, 0.717) is 36.7 Å². The molecule has 1 amide bonds. The molecule has 1 atom stereocenters. The number of hydrogen-bond acceptors (Lipinski definition) is 3. The standard InChI is InChI=1S/C22H31N3O3S/c1-16(2)18-5-7-19(8-6-18)17(3)23-22(26)20-9-13-25(14-10-20)29(27,28)21-11-12-24(4)15-21/h5-8,11-12,15-17,20H,9-10,13-14H2,1-4H3,(H,23,26). The first-order valence-corrected chi connectivity index (χ1v) is 11.6. The van der Waals surface area contributed by atoms with Crippen molar-refractivity contribution in [3.05, 3.63) is 53.9 Å². The fraction of sp³-hybridized carbons (Fsp3) is 0.500. The average Bonchev–Trinajstić information content (AvgIpc) is 3.15. The number of amides is 1. The predicted octanol–water partition coefficient (Wildman–Crippen LogP) is 3.43. The molecule has 1 aliphatic heterocycles. The highest BCUT2D eigenvalue weighted by Gasteiger charge is 2.32. The number of aryl methyl sites for hydroxylation is 1. The van der Waals surface area contributed by atoms with E-state index < -0.39 is 10.0 Å². The Hall–Kier alpha value is -2.12. The van der Waals surface area contributed by atoms with Crippen LogP contribution in [0.4, 0.5) is 0 Å². The zero-order chi connectivity index (χ0) is 21.2. The molecular formula is C22H31N3O3S. The first-order chi connectivity index (χ1) is 13.7. The molecular weight excluding hydrogens is 386 g/mol. The maximum Gasteiger partial charge on any atom is 0.244 e. The lowest BCUT2D eigenvalue weighted by Gasteiger charge is -2.31. The normalized spacial score (nSPS) is 17.4. The van der Waals surface area contributed by atoms with Crippen molar-refractivity contribution in [2.24, 2.45) is 13.0 Å². The molecule has 1 saturated heterocycles. The minimum atomic E-state index is -3.49. The van der Waals surface area contributed by atoms with Gasteiger partial charge in [0, 0.05) is 38.4 Å². The molecule has 7 heteroatoms. The van der Waals surface area contributed by atoms with Crippen LogP contribution in [0.1, 0.15) is 56.7 Å². The molecule has 6 nitrogen and oxygen atoms in total. The van der Waals surface area contributed by atoms with Crippen molar-refractivity contribution in [2.75, 3.05) is 13.1 Å². The predicted molar refractivity (Wildman–Crippen MR) is 114 cm³/mol. The minimum Gasteiger partial charge on any atom is -0.356 e. The van der Waals surface area contributed by atoms with Crippen molar-refractivity contribution in [2.45, 2.75) is 50.5 Å². The van der Waals surface area contributed by atoms with Gasteiger partial charge in [-0.05, 0) is 42.9 Å². The second kappa shape index (κ2) is 8.71. The molecule has 2 heterocycles. The van der Waals surface area contributed by atoms with Crippen molar-refractivity contribution in [1.82, 2.24) is 14.2 Å². The summed E-state index contributed by atoms with van der Waals surface area (Å²) in [5.74, 6) is 0.322. The third-order valence-electron chi connectivity index (χ3n) is 5.73. The summed E-state index contributed by atoms with van der Waals surface area (Å²) in [7, 11) is -1.69. The first kappa shape index (κ1) is 21.6. The van der Waals surface area contributed by atoms with Gasteiger partial charge in [-0.25, -0.2) is 8.42 Å². The number of sulfonamides is 1. The van der Waals surface area contributed by atoms with Crippen LogP contribution in [0.2, 0.25) is 0 Å². The summed E-state index contributed by atoms with van der Waals surface area (Å²) in [5.41, 5.74) is 2.35. The smallest absolute Gasteiger partial charge is 0.244 e. The van der Waals surface area contributed by atoms with Gasteiger partial charge in [0.1, 0.15) is 0 Å². The van der Waals surface area contributed by atoms with Gasteiger partial charge < -0.3 is 9.88 Å². The topological polar surface area (TPSA) is 71.4 Å². The van der Waals surface area contributed by atoms with Gasteiger partial charge in [-0.1, -0.05) is 38.1 Å². The summed E-state index contributed by atoms with van der Waals surface area (Å²) in [6.45, 7) is 7.03. The van der Waals surface area contributed by atoms with Crippen molar-refractivity contribution in [3.8, 4) is 0 Å². The minimum absolute atomic E-state index is 0.00203. The van der Waals surface area contributed by atoms with Gasteiger partial charge in [0.15, 0.2) is 0 Å². The Morgan fingerprint density at radius 1 is 1.03 bits per heavy atom. The van der Waals surface area contributed by atoms with Crippen LogP contribution in [0.15, 0.2) is 47.6 Å². The van der Waals surface area contributed by atoms with Crippen LogP contribution in [0.5, 0.6) is 0 Å². The van der Waals surface area contributed by atoms with E-state index in [-0.39, 0.29) is 17.9 Å². The fourth-order valence-corrected chi connectivity index (χ4v) is 5.24. The Morgan fingerprint density at radius 3 is 2.14 bits per heavy atom. The third kappa shape index (κ3) is 4.90. The molecule has 158 valence electrons. The molecule has 1 aliphatic rings. The van der Waals surface area contributed by atoms with Gasteiger partial charge in [-0.2, -0.15) is 4.31 Å². The maximum atomic E-state index is 12.7. The number of nitrogens with one attached hydrogen (secondary N) is 1. The van der Waals surface area contributed by atoms with Gasteiger partial charge in [-0.3, -0.25) is 4.79 Å². The summed E-state index contributed by atoms with van der Waals surface area (Å²) in [4.78, 5) is 13.0. The molecule has 1 aromatic heterocycles. The lowest BCUT2D eigenvalue weighted by molar-refractivity contribution is -0.126. The van der Waals surface area contributed by atoms with Crippen LogP contribution >= 0.6 is 0 Å². The van der Waals surface area contributed by atoms with Gasteiger partial charge >= 0.3 is 0 Å². The van der Waals surface area contributed by atoms with E-state index in [4.69, 9.17) is 0 Å².